The number of Topliss-reactive ketones (excluding diaryl/α,β-unsaturated/α-hetero) is 1. The summed E-state index contributed by atoms with van der Waals surface area (Å²) in [5, 5.41) is 0. The summed E-state index contributed by atoms with van der Waals surface area (Å²) in [6.07, 6.45) is 1.12. The van der Waals surface area contributed by atoms with Crippen LogP contribution in [0.5, 0.6) is 0 Å². The number of hydrogen-bond donors (Lipinski definition) is 0. The summed E-state index contributed by atoms with van der Waals surface area (Å²) in [7, 11) is -3.09. The molecule has 122 valence electrons. The monoisotopic (exact) mass is 324 g/mol. The third kappa shape index (κ3) is 4.63. The van der Waals surface area contributed by atoms with Crippen molar-refractivity contribution in [2.75, 3.05) is 38.5 Å². The normalized spacial score (nSPS) is 17.5. The quantitative estimate of drug-likeness (QED) is 0.715. The van der Waals surface area contributed by atoms with Crippen molar-refractivity contribution < 1.29 is 13.2 Å². The van der Waals surface area contributed by atoms with Gasteiger partial charge in [0.05, 0.1) is 5.75 Å². The number of carbonyl (C=O) groups is 1. The van der Waals surface area contributed by atoms with Crippen LogP contribution in [0.25, 0.3) is 0 Å². The van der Waals surface area contributed by atoms with Crippen molar-refractivity contribution in [3.8, 4) is 0 Å². The molecule has 0 unspecified atom stereocenters. The van der Waals surface area contributed by atoms with E-state index < -0.39 is 10.0 Å². The molecule has 22 heavy (non-hydrogen) atoms. The molecule has 1 aliphatic heterocycles. The molecule has 5 nitrogen and oxygen atoms in total. The number of carbonyl (C=O) groups excluding carboxylic acids is 1. The Bertz CT molecular complexity index is 579. The highest BCUT2D eigenvalue weighted by Crippen LogP contribution is 2.10. The van der Waals surface area contributed by atoms with E-state index in [4.69, 9.17) is 0 Å². The van der Waals surface area contributed by atoms with Crippen LogP contribution < -0.4 is 0 Å². The first kappa shape index (κ1) is 17.1. The smallest absolute Gasteiger partial charge is 0.214 e. The molecule has 1 aromatic carbocycles. The molecule has 6 heteroatoms. The highest BCUT2D eigenvalue weighted by molar-refractivity contribution is 7.89. The molecular formula is C16H24N2O3S. The van der Waals surface area contributed by atoms with Gasteiger partial charge in [0, 0.05) is 44.7 Å². The summed E-state index contributed by atoms with van der Waals surface area (Å²) in [6.45, 7) is 5.03. The number of piperazine rings is 1. The topological polar surface area (TPSA) is 57.7 Å². The standard InChI is InChI=1S/C16H24N2O3S/c1-2-14-22(20,21)18-12-10-17(11-13-18)9-8-16(19)15-6-4-3-5-7-15/h3-7H,2,8-14H2,1H3. The first-order valence-electron chi connectivity index (χ1n) is 7.81. The number of ketones is 1. The second kappa shape index (κ2) is 7.85. The minimum Gasteiger partial charge on any atom is -0.300 e. The van der Waals surface area contributed by atoms with Gasteiger partial charge >= 0.3 is 0 Å². The van der Waals surface area contributed by atoms with Crippen molar-refractivity contribution in [2.45, 2.75) is 19.8 Å². The lowest BCUT2D eigenvalue weighted by atomic mass is 10.1. The lowest BCUT2D eigenvalue weighted by molar-refractivity contribution is 0.0952. The fourth-order valence-corrected chi connectivity index (χ4v) is 4.14. The fourth-order valence-electron chi connectivity index (χ4n) is 2.65. The molecule has 1 aromatic rings. The van der Waals surface area contributed by atoms with Crippen LogP contribution in [0.3, 0.4) is 0 Å². The second-order valence-electron chi connectivity index (χ2n) is 5.60. The minimum atomic E-state index is -3.09. The molecular weight excluding hydrogens is 300 g/mol. The zero-order chi connectivity index (χ0) is 16.0. The van der Waals surface area contributed by atoms with Crippen LogP contribution in [-0.2, 0) is 10.0 Å². The Balaban J connectivity index is 1.77. The van der Waals surface area contributed by atoms with Crippen molar-refractivity contribution in [1.29, 1.82) is 0 Å². The van der Waals surface area contributed by atoms with Gasteiger partial charge < -0.3 is 4.90 Å². The molecule has 1 aliphatic rings. The Morgan fingerprint density at radius 1 is 1.09 bits per heavy atom. The van der Waals surface area contributed by atoms with Gasteiger partial charge in [-0.2, -0.15) is 4.31 Å². The van der Waals surface area contributed by atoms with Gasteiger partial charge in [-0.3, -0.25) is 4.79 Å². The van der Waals surface area contributed by atoms with Crippen LogP contribution in [0, 0.1) is 0 Å². The molecule has 1 saturated heterocycles. The third-order valence-electron chi connectivity index (χ3n) is 3.94. The maximum atomic E-state index is 12.1. The van der Waals surface area contributed by atoms with Gasteiger partial charge in [0.2, 0.25) is 10.0 Å². The Hall–Kier alpha value is -1.24. The summed E-state index contributed by atoms with van der Waals surface area (Å²) in [4.78, 5) is 14.2. The average molecular weight is 324 g/mol. The summed E-state index contributed by atoms with van der Waals surface area (Å²) in [6, 6.07) is 9.29. The highest BCUT2D eigenvalue weighted by Gasteiger charge is 2.26. The number of nitrogens with zero attached hydrogens (tertiary/aromatic N) is 2. The van der Waals surface area contributed by atoms with Crippen molar-refractivity contribution in [1.82, 2.24) is 9.21 Å². The molecule has 0 saturated carbocycles. The molecule has 0 amide bonds. The number of hydrogen-bond acceptors (Lipinski definition) is 4. The third-order valence-corrected chi connectivity index (χ3v) is 6.01. The maximum Gasteiger partial charge on any atom is 0.214 e. The zero-order valence-corrected chi connectivity index (χ0v) is 13.9. The molecule has 0 aromatic heterocycles. The van der Waals surface area contributed by atoms with Gasteiger partial charge in [-0.25, -0.2) is 8.42 Å². The predicted octanol–water partition coefficient (Wildman–Crippen LogP) is 1.62. The average Bonchev–Trinajstić information content (AvgIpc) is 2.54. The fraction of sp³-hybridized carbons (Fsp3) is 0.562. The summed E-state index contributed by atoms with van der Waals surface area (Å²) in [5.41, 5.74) is 0.742. The summed E-state index contributed by atoms with van der Waals surface area (Å²) < 4.78 is 25.6. The van der Waals surface area contributed by atoms with E-state index in [9.17, 15) is 13.2 Å². The number of rotatable bonds is 7. The Kier molecular flexibility index (Phi) is 6.11. The van der Waals surface area contributed by atoms with Crippen molar-refractivity contribution >= 4 is 15.8 Å². The van der Waals surface area contributed by atoms with Gasteiger partial charge in [0.1, 0.15) is 0 Å². The summed E-state index contributed by atoms with van der Waals surface area (Å²) >= 11 is 0. The van der Waals surface area contributed by atoms with Crippen molar-refractivity contribution in [3.63, 3.8) is 0 Å². The molecule has 0 spiro atoms. The first-order chi connectivity index (χ1) is 10.5. The van der Waals surface area contributed by atoms with Gasteiger partial charge in [-0.05, 0) is 6.42 Å². The molecule has 0 aliphatic carbocycles. The second-order valence-corrected chi connectivity index (χ2v) is 7.68. The van der Waals surface area contributed by atoms with Crippen LogP contribution in [-0.4, -0.2) is 61.9 Å². The number of benzene rings is 1. The van der Waals surface area contributed by atoms with Crippen LogP contribution in [0.4, 0.5) is 0 Å². The van der Waals surface area contributed by atoms with E-state index in [-0.39, 0.29) is 11.5 Å². The van der Waals surface area contributed by atoms with E-state index in [1.165, 1.54) is 0 Å². The molecule has 2 rings (SSSR count). The van der Waals surface area contributed by atoms with Gasteiger partial charge in [-0.15, -0.1) is 0 Å². The highest BCUT2D eigenvalue weighted by atomic mass is 32.2. The van der Waals surface area contributed by atoms with E-state index >= 15 is 0 Å². The van der Waals surface area contributed by atoms with Crippen molar-refractivity contribution in [3.05, 3.63) is 35.9 Å². The van der Waals surface area contributed by atoms with Gasteiger partial charge in [0.25, 0.3) is 0 Å². The zero-order valence-electron chi connectivity index (χ0n) is 13.1. The van der Waals surface area contributed by atoms with Crippen LogP contribution in [0.15, 0.2) is 30.3 Å². The van der Waals surface area contributed by atoms with Gasteiger partial charge in [-0.1, -0.05) is 37.3 Å². The van der Waals surface area contributed by atoms with E-state index in [0.29, 0.717) is 45.6 Å². The SMILES string of the molecule is CCCS(=O)(=O)N1CCN(CCC(=O)c2ccccc2)CC1. The molecule has 0 bridgehead atoms. The maximum absolute atomic E-state index is 12.1. The summed E-state index contributed by atoms with van der Waals surface area (Å²) in [5.74, 6) is 0.362. The van der Waals surface area contributed by atoms with Crippen LogP contribution in [0.2, 0.25) is 0 Å². The first-order valence-corrected chi connectivity index (χ1v) is 9.42. The predicted molar refractivity (Wildman–Crippen MR) is 87.5 cm³/mol. The molecule has 0 atom stereocenters. The lowest BCUT2D eigenvalue weighted by Gasteiger charge is -2.33. The molecule has 0 N–H and O–H groups in total. The van der Waals surface area contributed by atoms with E-state index in [1.54, 1.807) is 4.31 Å². The van der Waals surface area contributed by atoms with E-state index in [1.807, 2.05) is 37.3 Å². The Morgan fingerprint density at radius 2 is 1.73 bits per heavy atom. The molecule has 1 fully saturated rings. The van der Waals surface area contributed by atoms with Crippen LogP contribution >= 0.6 is 0 Å². The molecule has 1 heterocycles. The largest absolute Gasteiger partial charge is 0.300 e. The lowest BCUT2D eigenvalue weighted by Crippen LogP contribution is -2.49. The van der Waals surface area contributed by atoms with Gasteiger partial charge in [0.15, 0.2) is 5.78 Å². The Labute approximate surface area is 133 Å². The van der Waals surface area contributed by atoms with E-state index in [2.05, 4.69) is 4.90 Å². The van der Waals surface area contributed by atoms with Crippen LogP contribution in [0.1, 0.15) is 30.1 Å². The minimum absolute atomic E-state index is 0.140. The molecule has 0 radical (unpaired) electrons. The van der Waals surface area contributed by atoms with E-state index in [0.717, 1.165) is 5.56 Å². The van der Waals surface area contributed by atoms with Crippen molar-refractivity contribution in [2.24, 2.45) is 0 Å². The Morgan fingerprint density at radius 3 is 2.32 bits per heavy atom. The number of sulfonamides is 1.